The lowest BCUT2D eigenvalue weighted by atomic mass is 10.1. The standard InChI is InChI=1S/C23H26N4O2/c1-28-21-12-6-5-10-18(21)15-24-22-14-20(17-8-3-2-4-9-17)26-23(27-22)25-16-19-11-7-13-29-19/h2-6,8-10,12,14,19H,7,11,13,15-16H2,1H3,(H2,24,25,26,27). The Morgan fingerprint density at radius 2 is 1.86 bits per heavy atom. The fourth-order valence-electron chi connectivity index (χ4n) is 3.42. The largest absolute Gasteiger partial charge is 0.496 e. The molecule has 1 aliphatic rings. The summed E-state index contributed by atoms with van der Waals surface area (Å²) in [6.45, 7) is 2.16. The predicted molar refractivity (Wildman–Crippen MR) is 115 cm³/mol. The van der Waals surface area contributed by atoms with E-state index < -0.39 is 0 Å². The first kappa shape index (κ1) is 19.2. The predicted octanol–water partition coefficient (Wildman–Crippen LogP) is 4.36. The van der Waals surface area contributed by atoms with Crippen molar-refractivity contribution in [2.24, 2.45) is 0 Å². The highest BCUT2D eigenvalue weighted by Crippen LogP contribution is 2.23. The molecular formula is C23H26N4O2. The molecule has 2 N–H and O–H groups in total. The number of hydrogen-bond acceptors (Lipinski definition) is 6. The monoisotopic (exact) mass is 390 g/mol. The lowest BCUT2D eigenvalue weighted by Gasteiger charge is -2.14. The Morgan fingerprint density at radius 3 is 2.66 bits per heavy atom. The summed E-state index contributed by atoms with van der Waals surface area (Å²) in [5.41, 5.74) is 3.00. The van der Waals surface area contributed by atoms with E-state index in [0.29, 0.717) is 19.0 Å². The van der Waals surface area contributed by atoms with Crippen LogP contribution < -0.4 is 15.4 Å². The molecule has 1 aliphatic heterocycles. The summed E-state index contributed by atoms with van der Waals surface area (Å²) in [4.78, 5) is 9.37. The van der Waals surface area contributed by atoms with E-state index >= 15 is 0 Å². The number of nitrogens with one attached hydrogen (secondary N) is 2. The highest BCUT2D eigenvalue weighted by atomic mass is 16.5. The summed E-state index contributed by atoms with van der Waals surface area (Å²) >= 11 is 0. The van der Waals surface area contributed by atoms with E-state index in [9.17, 15) is 0 Å². The van der Waals surface area contributed by atoms with Crippen molar-refractivity contribution in [2.75, 3.05) is 30.9 Å². The van der Waals surface area contributed by atoms with Gasteiger partial charge in [0.1, 0.15) is 11.6 Å². The van der Waals surface area contributed by atoms with Crippen LogP contribution in [0.1, 0.15) is 18.4 Å². The highest BCUT2D eigenvalue weighted by Gasteiger charge is 2.16. The summed E-state index contributed by atoms with van der Waals surface area (Å²) in [5.74, 6) is 2.22. The normalized spacial score (nSPS) is 15.8. The topological polar surface area (TPSA) is 68.3 Å². The van der Waals surface area contributed by atoms with Crippen molar-refractivity contribution in [3.63, 3.8) is 0 Å². The van der Waals surface area contributed by atoms with Crippen LogP contribution in [0.3, 0.4) is 0 Å². The summed E-state index contributed by atoms with van der Waals surface area (Å²) in [6.07, 6.45) is 2.41. The molecule has 0 bridgehead atoms. The number of rotatable bonds is 8. The van der Waals surface area contributed by atoms with E-state index in [-0.39, 0.29) is 6.10 Å². The Kier molecular flexibility index (Phi) is 6.22. The molecule has 1 unspecified atom stereocenters. The number of hydrogen-bond donors (Lipinski definition) is 2. The van der Waals surface area contributed by atoms with Crippen molar-refractivity contribution in [1.29, 1.82) is 0 Å². The first-order valence-electron chi connectivity index (χ1n) is 9.97. The van der Waals surface area contributed by atoms with Crippen molar-refractivity contribution in [1.82, 2.24) is 9.97 Å². The molecule has 0 spiro atoms. The third-order valence-corrected chi connectivity index (χ3v) is 4.96. The zero-order chi connectivity index (χ0) is 19.9. The molecular weight excluding hydrogens is 364 g/mol. The smallest absolute Gasteiger partial charge is 0.225 e. The van der Waals surface area contributed by atoms with Crippen LogP contribution in [0.15, 0.2) is 60.7 Å². The Labute approximate surface area is 171 Å². The maximum absolute atomic E-state index is 5.70. The second-order valence-corrected chi connectivity index (χ2v) is 7.01. The summed E-state index contributed by atoms with van der Waals surface area (Å²) in [5, 5.41) is 6.76. The first-order chi connectivity index (χ1) is 14.3. The third-order valence-electron chi connectivity index (χ3n) is 4.96. The molecule has 3 aromatic rings. The van der Waals surface area contributed by atoms with Gasteiger partial charge in [-0.1, -0.05) is 48.5 Å². The summed E-state index contributed by atoms with van der Waals surface area (Å²) < 4.78 is 11.2. The van der Waals surface area contributed by atoms with Crippen LogP contribution in [0.5, 0.6) is 5.75 Å². The van der Waals surface area contributed by atoms with Crippen LogP contribution >= 0.6 is 0 Å². The van der Waals surface area contributed by atoms with Crippen molar-refractivity contribution < 1.29 is 9.47 Å². The van der Waals surface area contributed by atoms with E-state index in [1.165, 1.54) is 0 Å². The molecule has 150 valence electrons. The first-order valence-corrected chi connectivity index (χ1v) is 9.97. The Hall–Kier alpha value is -3.12. The van der Waals surface area contributed by atoms with Gasteiger partial charge in [0, 0.05) is 36.9 Å². The number of aromatic nitrogens is 2. The van der Waals surface area contributed by atoms with Crippen molar-refractivity contribution >= 4 is 11.8 Å². The fourth-order valence-corrected chi connectivity index (χ4v) is 3.42. The van der Waals surface area contributed by atoms with Crippen molar-refractivity contribution in [3.05, 3.63) is 66.2 Å². The molecule has 1 fully saturated rings. The van der Waals surface area contributed by atoms with Crippen LogP contribution in [-0.2, 0) is 11.3 Å². The van der Waals surface area contributed by atoms with Crippen LogP contribution in [-0.4, -0.2) is 36.3 Å². The maximum atomic E-state index is 5.70. The number of benzene rings is 2. The Morgan fingerprint density at radius 1 is 1.03 bits per heavy atom. The molecule has 2 heterocycles. The molecule has 0 amide bonds. The van der Waals surface area contributed by atoms with Gasteiger partial charge in [-0.15, -0.1) is 0 Å². The molecule has 4 rings (SSSR count). The van der Waals surface area contributed by atoms with E-state index in [1.54, 1.807) is 7.11 Å². The minimum absolute atomic E-state index is 0.226. The molecule has 6 heteroatoms. The molecule has 0 radical (unpaired) electrons. The average Bonchev–Trinajstić information content (AvgIpc) is 3.31. The Bertz CT molecular complexity index is 927. The van der Waals surface area contributed by atoms with E-state index in [0.717, 1.165) is 47.8 Å². The molecule has 1 saturated heterocycles. The summed E-state index contributed by atoms with van der Waals surface area (Å²) in [6, 6.07) is 20.1. The van der Waals surface area contributed by atoms with E-state index in [2.05, 4.69) is 27.8 Å². The minimum atomic E-state index is 0.226. The number of para-hydroxylation sites is 1. The van der Waals surface area contributed by atoms with Crippen LogP contribution in [0, 0.1) is 0 Å². The molecule has 29 heavy (non-hydrogen) atoms. The fraction of sp³-hybridized carbons (Fsp3) is 0.304. The van der Waals surface area contributed by atoms with Gasteiger partial charge in [-0.3, -0.25) is 0 Å². The number of nitrogens with zero attached hydrogens (tertiary/aromatic N) is 2. The average molecular weight is 390 g/mol. The molecule has 0 aliphatic carbocycles. The van der Waals surface area contributed by atoms with Crippen LogP contribution in [0.4, 0.5) is 11.8 Å². The van der Waals surface area contributed by atoms with Gasteiger partial charge in [-0.05, 0) is 18.9 Å². The molecule has 0 saturated carbocycles. The zero-order valence-electron chi connectivity index (χ0n) is 16.6. The van der Waals surface area contributed by atoms with E-state index in [4.69, 9.17) is 14.5 Å². The van der Waals surface area contributed by atoms with Gasteiger partial charge in [0.25, 0.3) is 0 Å². The molecule has 1 atom stereocenters. The number of ether oxygens (including phenoxy) is 2. The Balaban J connectivity index is 1.55. The minimum Gasteiger partial charge on any atom is -0.496 e. The lowest BCUT2D eigenvalue weighted by Crippen LogP contribution is -2.20. The van der Waals surface area contributed by atoms with Gasteiger partial charge in [0.05, 0.1) is 18.9 Å². The van der Waals surface area contributed by atoms with Crippen LogP contribution in [0.25, 0.3) is 11.3 Å². The lowest BCUT2D eigenvalue weighted by molar-refractivity contribution is 0.120. The van der Waals surface area contributed by atoms with Gasteiger partial charge < -0.3 is 20.1 Å². The number of anilines is 2. The van der Waals surface area contributed by atoms with Crippen LogP contribution in [0.2, 0.25) is 0 Å². The van der Waals surface area contributed by atoms with Gasteiger partial charge in [-0.25, -0.2) is 4.98 Å². The van der Waals surface area contributed by atoms with Crippen molar-refractivity contribution in [2.45, 2.75) is 25.5 Å². The summed E-state index contributed by atoms with van der Waals surface area (Å²) in [7, 11) is 1.68. The molecule has 2 aromatic carbocycles. The quantitative estimate of drug-likeness (QED) is 0.596. The van der Waals surface area contributed by atoms with Gasteiger partial charge in [0.15, 0.2) is 0 Å². The second kappa shape index (κ2) is 9.39. The number of methoxy groups -OCH3 is 1. The van der Waals surface area contributed by atoms with E-state index in [1.807, 2.05) is 48.5 Å². The highest BCUT2D eigenvalue weighted by molar-refractivity contribution is 5.64. The maximum Gasteiger partial charge on any atom is 0.225 e. The zero-order valence-corrected chi connectivity index (χ0v) is 16.6. The van der Waals surface area contributed by atoms with Crippen molar-refractivity contribution in [3.8, 4) is 17.0 Å². The van der Waals surface area contributed by atoms with Gasteiger partial charge >= 0.3 is 0 Å². The second-order valence-electron chi connectivity index (χ2n) is 7.01. The van der Waals surface area contributed by atoms with Gasteiger partial charge in [0.2, 0.25) is 5.95 Å². The third kappa shape index (κ3) is 5.03. The molecule has 1 aromatic heterocycles. The SMILES string of the molecule is COc1ccccc1CNc1cc(-c2ccccc2)nc(NCC2CCCO2)n1. The van der Waals surface area contributed by atoms with Gasteiger partial charge in [-0.2, -0.15) is 4.98 Å². The molecule has 6 nitrogen and oxygen atoms in total.